The molecular formula is C24H26F6O5S. The summed E-state index contributed by atoms with van der Waals surface area (Å²) in [6.07, 6.45) is -15.4. The summed E-state index contributed by atoms with van der Waals surface area (Å²) in [6, 6.07) is 9.81. The molecule has 5 nitrogen and oxygen atoms in total. The Morgan fingerprint density at radius 2 is 1.39 bits per heavy atom. The minimum atomic E-state index is -5.87. The third-order valence-electron chi connectivity index (χ3n) is 6.52. The molecule has 2 atom stereocenters. The molecule has 0 amide bonds. The Morgan fingerprint density at radius 1 is 0.889 bits per heavy atom. The molecule has 36 heavy (non-hydrogen) atoms. The lowest BCUT2D eigenvalue weighted by atomic mass is 9.88. The summed E-state index contributed by atoms with van der Waals surface area (Å²) in [5, 5.41) is 20.4. The quantitative estimate of drug-likeness (QED) is 0.364. The molecule has 0 bridgehead atoms. The Balaban J connectivity index is 2.18. The van der Waals surface area contributed by atoms with Crippen molar-refractivity contribution in [1.82, 2.24) is 0 Å². The first kappa shape index (κ1) is 28.4. The van der Waals surface area contributed by atoms with Crippen molar-refractivity contribution in [2.24, 2.45) is 0 Å². The van der Waals surface area contributed by atoms with Gasteiger partial charge in [-0.1, -0.05) is 55.8 Å². The van der Waals surface area contributed by atoms with E-state index < -0.39 is 69.8 Å². The standard InChI is InChI=1S/C24H26F6O5S/c1-2-3-13-35-22(23(25,26)27,24(28,29)30)17-11-9-16(10-12-17)21(14-19(31)20(32)15-21)36(33,34)18-7-5-4-6-8-18/h4-12,19-20,31-32H,2-3,13-15H2,1H3. The second kappa shape index (κ2) is 9.96. The average molecular weight is 541 g/mol. The van der Waals surface area contributed by atoms with E-state index in [2.05, 4.69) is 4.74 Å². The highest BCUT2D eigenvalue weighted by atomic mass is 32.2. The zero-order chi connectivity index (χ0) is 27.0. The number of alkyl halides is 6. The largest absolute Gasteiger partial charge is 0.430 e. The fourth-order valence-corrected chi connectivity index (χ4v) is 6.77. The van der Waals surface area contributed by atoms with Gasteiger partial charge in [-0.2, -0.15) is 26.3 Å². The smallest absolute Gasteiger partial charge is 0.390 e. The van der Waals surface area contributed by atoms with E-state index >= 15 is 0 Å². The molecule has 1 aliphatic carbocycles. The van der Waals surface area contributed by atoms with Gasteiger partial charge in [0.2, 0.25) is 0 Å². The Hall–Kier alpha value is -2.15. The maximum atomic E-state index is 14.0. The maximum Gasteiger partial charge on any atom is 0.430 e. The van der Waals surface area contributed by atoms with Crippen molar-refractivity contribution >= 4 is 9.84 Å². The van der Waals surface area contributed by atoms with Gasteiger partial charge in [0, 0.05) is 12.2 Å². The molecule has 0 spiro atoms. The molecule has 1 fully saturated rings. The number of hydrogen-bond acceptors (Lipinski definition) is 5. The van der Waals surface area contributed by atoms with Crippen LogP contribution in [0.5, 0.6) is 0 Å². The van der Waals surface area contributed by atoms with Crippen molar-refractivity contribution in [2.75, 3.05) is 6.61 Å². The molecule has 200 valence electrons. The highest BCUT2D eigenvalue weighted by molar-refractivity contribution is 7.92. The van der Waals surface area contributed by atoms with Crippen LogP contribution in [0.15, 0.2) is 59.5 Å². The van der Waals surface area contributed by atoms with Crippen LogP contribution in [0.1, 0.15) is 43.7 Å². The second-order valence-electron chi connectivity index (χ2n) is 8.81. The zero-order valence-electron chi connectivity index (χ0n) is 19.2. The van der Waals surface area contributed by atoms with Crippen molar-refractivity contribution in [3.63, 3.8) is 0 Å². The molecule has 0 saturated heterocycles. The maximum absolute atomic E-state index is 14.0. The van der Waals surface area contributed by atoms with E-state index in [1.165, 1.54) is 24.3 Å². The van der Waals surface area contributed by atoms with Gasteiger partial charge in [-0.05, 0) is 37.0 Å². The van der Waals surface area contributed by atoms with E-state index in [0.717, 1.165) is 12.1 Å². The number of halogens is 6. The molecule has 0 aliphatic heterocycles. The lowest BCUT2D eigenvalue weighted by molar-refractivity contribution is -0.389. The van der Waals surface area contributed by atoms with Gasteiger partial charge in [0.1, 0.15) is 4.75 Å². The van der Waals surface area contributed by atoms with E-state index in [9.17, 15) is 45.0 Å². The normalized spacial score (nSPS) is 23.7. The number of aliphatic hydroxyl groups excluding tert-OH is 2. The molecule has 2 aromatic carbocycles. The van der Waals surface area contributed by atoms with E-state index in [-0.39, 0.29) is 16.9 Å². The Bertz CT molecular complexity index is 1110. The minimum absolute atomic E-state index is 0.0415. The summed E-state index contributed by atoms with van der Waals surface area (Å²) in [4.78, 5) is -0.168. The van der Waals surface area contributed by atoms with Crippen LogP contribution in [0.3, 0.4) is 0 Å². The van der Waals surface area contributed by atoms with E-state index in [1.54, 1.807) is 13.0 Å². The number of ether oxygens (including phenoxy) is 1. The van der Waals surface area contributed by atoms with Crippen LogP contribution in [0.25, 0.3) is 0 Å². The molecule has 0 radical (unpaired) electrons. The monoisotopic (exact) mass is 540 g/mol. The second-order valence-corrected chi connectivity index (χ2v) is 11.1. The molecule has 1 aliphatic rings. The number of sulfone groups is 1. The van der Waals surface area contributed by atoms with Crippen molar-refractivity contribution in [3.05, 3.63) is 65.7 Å². The van der Waals surface area contributed by atoms with Gasteiger partial charge in [0.05, 0.1) is 17.1 Å². The van der Waals surface area contributed by atoms with Crippen LogP contribution in [-0.4, -0.2) is 49.8 Å². The van der Waals surface area contributed by atoms with Gasteiger partial charge in [0.15, 0.2) is 9.84 Å². The Morgan fingerprint density at radius 3 is 1.83 bits per heavy atom. The van der Waals surface area contributed by atoms with Gasteiger partial charge < -0.3 is 14.9 Å². The molecule has 2 aromatic rings. The molecule has 12 heteroatoms. The summed E-state index contributed by atoms with van der Waals surface area (Å²) in [6.45, 7) is 0.778. The first-order valence-electron chi connectivity index (χ1n) is 11.2. The molecule has 0 aromatic heterocycles. The van der Waals surface area contributed by atoms with Crippen LogP contribution in [0.2, 0.25) is 0 Å². The van der Waals surface area contributed by atoms with E-state index in [0.29, 0.717) is 18.6 Å². The van der Waals surface area contributed by atoms with Crippen molar-refractivity contribution in [3.8, 4) is 0 Å². The SMILES string of the molecule is CCCCOC(c1ccc(C2(S(=O)(=O)c3ccccc3)CC(O)C(O)C2)cc1)(C(F)(F)F)C(F)(F)F. The number of hydrogen-bond donors (Lipinski definition) is 2. The minimum Gasteiger partial charge on any atom is -0.390 e. The van der Waals surface area contributed by atoms with Crippen LogP contribution in [0.4, 0.5) is 26.3 Å². The molecular weight excluding hydrogens is 514 g/mol. The first-order valence-corrected chi connectivity index (χ1v) is 12.7. The van der Waals surface area contributed by atoms with Gasteiger partial charge in [-0.3, -0.25) is 0 Å². The Labute approximate surface area is 204 Å². The number of aliphatic hydroxyl groups is 2. The third kappa shape index (κ3) is 4.64. The van der Waals surface area contributed by atoms with Crippen LogP contribution >= 0.6 is 0 Å². The molecule has 1 saturated carbocycles. The summed E-state index contributed by atoms with van der Waals surface area (Å²) < 4.78 is 114. The molecule has 3 rings (SSSR count). The molecule has 2 unspecified atom stereocenters. The lowest BCUT2D eigenvalue weighted by Gasteiger charge is -2.38. The van der Waals surface area contributed by atoms with E-state index in [1.807, 2.05) is 0 Å². The fourth-order valence-electron chi connectivity index (χ4n) is 4.58. The van der Waals surface area contributed by atoms with Crippen LogP contribution in [-0.2, 0) is 24.9 Å². The summed E-state index contributed by atoms with van der Waals surface area (Å²) in [5.41, 5.74) is -6.03. The highest BCUT2D eigenvalue weighted by Gasteiger charge is 2.73. The number of benzene rings is 2. The Kier molecular flexibility index (Phi) is 7.86. The first-order chi connectivity index (χ1) is 16.6. The van der Waals surface area contributed by atoms with E-state index in [4.69, 9.17) is 0 Å². The summed E-state index contributed by atoms with van der Waals surface area (Å²) >= 11 is 0. The highest BCUT2D eigenvalue weighted by Crippen LogP contribution is 2.54. The van der Waals surface area contributed by atoms with Gasteiger partial charge in [-0.25, -0.2) is 8.42 Å². The van der Waals surface area contributed by atoms with Gasteiger partial charge in [0.25, 0.3) is 5.60 Å². The van der Waals surface area contributed by atoms with Gasteiger partial charge in [-0.15, -0.1) is 0 Å². The number of unbranched alkanes of at least 4 members (excludes halogenated alkanes) is 1. The fraction of sp³-hybridized carbons (Fsp3) is 0.500. The van der Waals surface area contributed by atoms with Crippen molar-refractivity contribution < 1.29 is 49.7 Å². The van der Waals surface area contributed by atoms with Crippen molar-refractivity contribution in [2.45, 2.75) is 72.4 Å². The summed E-state index contributed by atoms with van der Waals surface area (Å²) in [7, 11) is -4.34. The topological polar surface area (TPSA) is 83.8 Å². The van der Waals surface area contributed by atoms with Crippen LogP contribution in [0, 0.1) is 0 Å². The zero-order valence-corrected chi connectivity index (χ0v) is 20.0. The molecule has 2 N–H and O–H groups in total. The number of rotatable bonds is 8. The predicted molar refractivity (Wildman–Crippen MR) is 118 cm³/mol. The van der Waals surface area contributed by atoms with Crippen LogP contribution < -0.4 is 0 Å². The van der Waals surface area contributed by atoms with Crippen molar-refractivity contribution in [1.29, 1.82) is 0 Å². The lowest BCUT2D eigenvalue weighted by Crippen LogP contribution is -2.56. The molecule has 0 heterocycles. The predicted octanol–water partition coefficient (Wildman–Crippen LogP) is 5.01. The van der Waals surface area contributed by atoms with Gasteiger partial charge >= 0.3 is 12.4 Å². The summed E-state index contributed by atoms with van der Waals surface area (Å²) in [5.74, 6) is 0. The third-order valence-corrected chi connectivity index (χ3v) is 9.01. The average Bonchev–Trinajstić information content (AvgIpc) is 3.11.